The minimum atomic E-state index is -0.439. The van der Waals surface area contributed by atoms with E-state index in [9.17, 15) is 14.9 Å². The van der Waals surface area contributed by atoms with Gasteiger partial charge in [-0.3, -0.25) is 14.9 Å². The highest BCUT2D eigenvalue weighted by Gasteiger charge is 2.34. The van der Waals surface area contributed by atoms with Crippen LogP contribution in [0.15, 0.2) is 60.0 Å². The molecule has 26 heavy (non-hydrogen) atoms. The number of ketones is 1. The second kappa shape index (κ2) is 5.84. The van der Waals surface area contributed by atoms with E-state index in [0.717, 1.165) is 16.5 Å². The zero-order valence-electron chi connectivity index (χ0n) is 14.3. The van der Waals surface area contributed by atoms with Gasteiger partial charge in [-0.1, -0.05) is 18.2 Å². The van der Waals surface area contributed by atoms with Gasteiger partial charge in [0, 0.05) is 46.3 Å². The molecular formula is C20H16N2O4. The third-order valence-corrected chi connectivity index (χ3v) is 4.76. The topological polar surface area (TPSA) is 85.2 Å². The quantitative estimate of drug-likeness (QED) is 0.559. The van der Waals surface area contributed by atoms with E-state index in [1.165, 1.54) is 19.1 Å². The minimum Gasteiger partial charge on any atom is -0.461 e. The number of H-pyrrole nitrogens is 1. The number of allylic oxidation sites excluding steroid dienone is 2. The van der Waals surface area contributed by atoms with Gasteiger partial charge in [0.25, 0.3) is 5.69 Å². The summed E-state index contributed by atoms with van der Waals surface area (Å²) in [6, 6.07) is 12.3. The first-order chi connectivity index (χ1) is 12.5. The van der Waals surface area contributed by atoms with Crippen molar-refractivity contribution in [2.75, 3.05) is 0 Å². The summed E-state index contributed by atoms with van der Waals surface area (Å²) in [5, 5.41) is 12.2. The van der Waals surface area contributed by atoms with Crippen molar-refractivity contribution in [3.8, 4) is 5.75 Å². The van der Waals surface area contributed by atoms with Crippen LogP contribution in [-0.4, -0.2) is 15.7 Å². The summed E-state index contributed by atoms with van der Waals surface area (Å²) in [4.78, 5) is 26.4. The first-order valence-corrected chi connectivity index (χ1v) is 8.21. The number of nitro groups is 1. The molecule has 1 aliphatic rings. The van der Waals surface area contributed by atoms with Crippen LogP contribution in [0, 0.1) is 10.1 Å². The maximum absolute atomic E-state index is 12.4. The number of rotatable bonds is 3. The number of hydrogen-bond acceptors (Lipinski definition) is 4. The summed E-state index contributed by atoms with van der Waals surface area (Å²) in [5.74, 6) is 0.518. The number of aromatic amines is 1. The zero-order valence-corrected chi connectivity index (χ0v) is 14.3. The van der Waals surface area contributed by atoms with Gasteiger partial charge in [0.1, 0.15) is 11.5 Å². The standard InChI is InChI=1S/C20H16N2O4/c1-11(23)19-12(2)26-18-8-7-13(22(24)25)9-15(18)20(19)16-10-21-17-6-4-3-5-14(16)17/h3-10,20-21H,1-2H3. The van der Waals surface area contributed by atoms with Crippen molar-refractivity contribution in [1.29, 1.82) is 0 Å². The van der Waals surface area contributed by atoms with Crippen LogP contribution in [-0.2, 0) is 4.79 Å². The summed E-state index contributed by atoms with van der Waals surface area (Å²) in [6.07, 6.45) is 1.86. The lowest BCUT2D eigenvalue weighted by atomic mass is 9.80. The molecule has 1 unspecified atom stereocenters. The first-order valence-electron chi connectivity index (χ1n) is 8.21. The van der Waals surface area contributed by atoms with Crippen LogP contribution in [0.5, 0.6) is 5.75 Å². The Labute approximate surface area is 149 Å². The molecule has 1 N–H and O–H groups in total. The molecule has 1 aliphatic heterocycles. The van der Waals surface area contributed by atoms with E-state index in [2.05, 4.69) is 4.98 Å². The van der Waals surface area contributed by atoms with E-state index in [0.29, 0.717) is 22.6 Å². The second-order valence-electron chi connectivity index (χ2n) is 6.33. The van der Waals surface area contributed by atoms with Gasteiger partial charge in [-0.2, -0.15) is 0 Å². The van der Waals surface area contributed by atoms with Crippen LogP contribution in [0.4, 0.5) is 5.69 Å². The van der Waals surface area contributed by atoms with Crippen molar-refractivity contribution >= 4 is 22.4 Å². The van der Waals surface area contributed by atoms with Crippen molar-refractivity contribution in [2.24, 2.45) is 0 Å². The summed E-state index contributed by atoms with van der Waals surface area (Å²) in [5.41, 5.74) is 2.96. The van der Waals surface area contributed by atoms with Gasteiger partial charge in [0.05, 0.1) is 4.92 Å². The molecule has 2 heterocycles. The van der Waals surface area contributed by atoms with E-state index in [1.54, 1.807) is 13.0 Å². The molecule has 0 spiro atoms. The number of nitrogens with zero attached hydrogens (tertiary/aromatic N) is 1. The lowest BCUT2D eigenvalue weighted by Crippen LogP contribution is -2.20. The number of hydrogen-bond donors (Lipinski definition) is 1. The van der Waals surface area contributed by atoms with Crippen molar-refractivity contribution < 1.29 is 14.5 Å². The number of nitrogens with one attached hydrogen (secondary N) is 1. The number of Topliss-reactive ketones (excluding diaryl/α,β-unsaturated/α-hetero) is 1. The molecule has 0 fully saturated rings. The molecular weight excluding hydrogens is 332 g/mol. The number of benzene rings is 2. The number of nitro benzene ring substituents is 1. The lowest BCUT2D eigenvalue weighted by molar-refractivity contribution is -0.384. The molecule has 2 aromatic carbocycles. The number of ether oxygens (including phenoxy) is 1. The molecule has 0 saturated heterocycles. The maximum atomic E-state index is 12.4. The predicted octanol–water partition coefficient (Wildman–Crippen LogP) is 4.46. The molecule has 0 aliphatic carbocycles. The van der Waals surface area contributed by atoms with E-state index in [4.69, 9.17) is 4.74 Å². The SMILES string of the molecule is CC(=O)C1=C(C)Oc2ccc([N+](=O)[O-])cc2C1c1c[nH]c2ccccc12. The average Bonchev–Trinajstić information content (AvgIpc) is 3.03. The van der Waals surface area contributed by atoms with Crippen molar-refractivity contribution in [1.82, 2.24) is 4.98 Å². The van der Waals surface area contributed by atoms with Gasteiger partial charge >= 0.3 is 0 Å². The third-order valence-electron chi connectivity index (χ3n) is 4.76. The fourth-order valence-corrected chi connectivity index (χ4v) is 3.65. The van der Waals surface area contributed by atoms with Gasteiger partial charge in [-0.05, 0) is 31.5 Å². The van der Waals surface area contributed by atoms with Gasteiger partial charge in [-0.15, -0.1) is 0 Å². The third kappa shape index (κ3) is 2.38. The summed E-state index contributed by atoms with van der Waals surface area (Å²) < 4.78 is 5.81. The van der Waals surface area contributed by atoms with E-state index in [-0.39, 0.29) is 11.5 Å². The molecule has 0 radical (unpaired) electrons. The highest BCUT2D eigenvalue weighted by Crippen LogP contribution is 2.46. The Hall–Kier alpha value is -3.41. The summed E-state index contributed by atoms with van der Waals surface area (Å²) in [6.45, 7) is 3.25. The van der Waals surface area contributed by atoms with Crippen LogP contribution >= 0.6 is 0 Å². The Balaban J connectivity index is 2.02. The van der Waals surface area contributed by atoms with Gasteiger partial charge < -0.3 is 9.72 Å². The Morgan fingerprint density at radius 2 is 1.96 bits per heavy atom. The number of carbonyl (C=O) groups is 1. The molecule has 130 valence electrons. The van der Waals surface area contributed by atoms with Crippen LogP contribution in [0.1, 0.15) is 30.9 Å². The van der Waals surface area contributed by atoms with E-state index in [1.807, 2.05) is 30.5 Å². The number of carbonyl (C=O) groups excluding carboxylic acids is 1. The number of aromatic nitrogens is 1. The lowest BCUT2D eigenvalue weighted by Gasteiger charge is -2.28. The van der Waals surface area contributed by atoms with Gasteiger partial charge in [-0.25, -0.2) is 0 Å². The molecule has 6 heteroatoms. The minimum absolute atomic E-state index is 0.0281. The second-order valence-corrected chi connectivity index (χ2v) is 6.33. The Morgan fingerprint density at radius 1 is 1.19 bits per heavy atom. The first kappa shape index (κ1) is 16.1. The van der Waals surface area contributed by atoms with Gasteiger partial charge in [0.2, 0.25) is 0 Å². The normalized spacial score (nSPS) is 16.3. The Bertz CT molecular complexity index is 1090. The molecule has 4 rings (SSSR count). The monoisotopic (exact) mass is 348 g/mol. The molecule has 1 atom stereocenters. The smallest absolute Gasteiger partial charge is 0.270 e. The summed E-state index contributed by atoms with van der Waals surface area (Å²) >= 11 is 0. The van der Waals surface area contributed by atoms with Crippen molar-refractivity contribution in [2.45, 2.75) is 19.8 Å². The molecule has 1 aromatic heterocycles. The Morgan fingerprint density at radius 3 is 2.69 bits per heavy atom. The fraction of sp³-hybridized carbons (Fsp3) is 0.150. The fourth-order valence-electron chi connectivity index (χ4n) is 3.65. The number of fused-ring (bicyclic) bond motifs is 2. The molecule has 0 amide bonds. The largest absolute Gasteiger partial charge is 0.461 e. The molecule has 0 saturated carbocycles. The van der Waals surface area contributed by atoms with E-state index >= 15 is 0 Å². The molecule has 0 bridgehead atoms. The maximum Gasteiger partial charge on any atom is 0.270 e. The predicted molar refractivity (Wildman–Crippen MR) is 97.2 cm³/mol. The van der Waals surface area contributed by atoms with Crippen LogP contribution in [0.3, 0.4) is 0 Å². The number of para-hydroxylation sites is 1. The van der Waals surface area contributed by atoms with Crippen molar-refractivity contribution in [3.05, 3.63) is 81.2 Å². The van der Waals surface area contributed by atoms with E-state index < -0.39 is 10.8 Å². The van der Waals surface area contributed by atoms with Gasteiger partial charge in [0.15, 0.2) is 5.78 Å². The zero-order chi connectivity index (χ0) is 18.4. The Kier molecular flexibility index (Phi) is 3.61. The molecule has 6 nitrogen and oxygen atoms in total. The van der Waals surface area contributed by atoms with Crippen LogP contribution in [0.2, 0.25) is 0 Å². The highest BCUT2D eigenvalue weighted by atomic mass is 16.6. The van der Waals surface area contributed by atoms with Crippen molar-refractivity contribution in [3.63, 3.8) is 0 Å². The molecule has 3 aromatic rings. The van der Waals surface area contributed by atoms with Crippen LogP contribution < -0.4 is 4.74 Å². The average molecular weight is 348 g/mol. The van der Waals surface area contributed by atoms with Crippen LogP contribution in [0.25, 0.3) is 10.9 Å². The number of non-ortho nitro benzene ring substituents is 1. The highest BCUT2D eigenvalue weighted by molar-refractivity contribution is 5.98. The summed E-state index contributed by atoms with van der Waals surface area (Å²) in [7, 11) is 0.